The van der Waals surface area contributed by atoms with Gasteiger partial charge in [-0.25, -0.2) is 4.79 Å². The summed E-state index contributed by atoms with van der Waals surface area (Å²) in [6.45, 7) is 2.05. The number of nitrogens with one attached hydrogen (secondary N) is 1. The number of carbonyl (C=O) groups is 2. The fraction of sp³-hybridized carbons (Fsp3) is 0.429. The molecule has 0 radical (unpaired) electrons. The molecular weight excluding hydrogens is 244 g/mol. The van der Waals surface area contributed by atoms with Crippen molar-refractivity contribution in [3.8, 4) is 0 Å². The SMILES string of the molecule is CCCCC(N)C(=O)Nc1cccc(C(=O)OC)c1. The predicted molar refractivity (Wildman–Crippen MR) is 73.9 cm³/mol. The zero-order valence-electron chi connectivity index (χ0n) is 11.3. The van der Waals surface area contributed by atoms with Crippen LogP contribution in [0.15, 0.2) is 24.3 Å². The lowest BCUT2D eigenvalue weighted by Gasteiger charge is -2.12. The number of anilines is 1. The van der Waals surface area contributed by atoms with Crippen LogP contribution in [0.5, 0.6) is 0 Å². The van der Waals surface area contributed by atoms with E-state index in [1.807, 2.05) is 6.92 Å². The summed E-state index contributed by atoms with van der Waals surface area (Å²) in [4.78, 5) is 23.2. The number of amides is 1. The number of hydrogen-bond acceptors (Lipinski definition) is 4. The molecule has 0 bridgehead atoms. The van der Waals surface area contributed by atoms with Gasteiger partial charge in [0.1, 0.15) is 0 Å². The van der Waals surface area contributed by atoms with Gasteiger partial charge in [-0.05, 0) is 24.6 Å². The van der Waals surface area contributed by atoms with Gasteiger partial charge in [0.15, 0.2) is 0 Å². The summed E-state index contributed by atoms with van der Waals surface area (Å²) in [5.74, 6) is -0.679. The van der Waals surface area contributed by atoms with Crippen LogP contribution in [0.2, 0.25) is 0 Å². The third kappa shape index (κ3) is 4.71. The Morgan fingerprint density at radius 2 is 2.16 bits per heavy atom. The van der Waals surface area contributed by atoms with Gasteiger partial charge in [0.05, 0.1) is 18.7 Å². The third-order valence-electron chi connectivity index (χ3n) is 2.76. The number of carbonyl (C=O) groups excluding carboxylic acids is 2. The Kier molecular flexibility index (Phi) is 6.02. The van der Waals surface area contributed by atoms with E-state index in [9.17, 15) is 9.59 Å². The monoisotopic (exact) mass is 264 g/mol. The summed E-state index contributed by atoms with van der Waals surface area (Å²) in [5, 5.41) is 2.70. The molecule has 0 aliphatic rings. The van der Waals surface area contributed by atoms with Crippen LogP contribution in [-0.2, 0) is 9.53 Å². The molecule has 0 aliphatic heterocycles. The van der Waals surface area contributed by atoms with Crippen LogP contribution in [0.3, 0.4) is 0 Å². The summed E-state index contributed by atoms with van der Waals surface area (Å²) in [6, 6.07) is 6.05. The molecule has 0 heterocycles. The number of esters is 1. The van der Waals surface area contributed by atoms with Gasteiger partial charge < -0.3 is 15.8 Å². The topological polar surface area (TPSA) is 81.4 Å². The van der Waals surface area contributed by atoms with Crippen molar-refractivity contribution in [1.82, 2.24) is 0 Å². The summed E-state index contributed by atoms with van der Waals surface area (Å²) in [7, 11) is 1.31. The van der Waals surface area contributed by atoms with Crippen LogP contribution in [0.25, 0.3) is 0 Å². The lowest BCUT2D eigenvalue weighted by molar-refractivity contribution is -0.117. The molecule has 1 aromatic carbocycles. The Labute approximate surface area is 113 Å². The van der Waals surface area contributed by atoms with E-state index in [4.69, 9.17) is 5.73 Å². The molecule has 104 valence electrons. The fourth-order valence-corrected chi connectivity index (χ4v) is 1.63. The molecular formula is C14H20N2O3. The van der Waals surface area contributed by atoms with E-state index in [0.29, 0.717) is 17.7 Å². The maximum Gasteiger partial charge on any atom is 0.337 e. The van der Waals surface area contributed by atoms with Crippen LogP contribution < -0.4 is 11.1 Å². The molecule has 1 atom stereocenters. The largest absolute Gasteiger partial charge is 0.465 e. The predicted octanol–water partition coefficient (Wildman–Crippen LogP) is 1.93. The highest BCUT2D eigenvalue weighted by atomic mass is 16.5. The van der Waals surface area contributed by atoms with Gasteiger partial charge in [0, 0.05) is 5.69 Å². The Morgan fingerprint density at radius 3 is 2.79 bits per heavy atom. The van der Waals surface area contributed by atoms with Gasteiger partial charge in [0.2, 0.25) is 5.91 Å². The van der Waals surface area contributed by atoms with Gasteiger partial charge in [-0.2, -0.15) is 0 Å². The minimum Gasteiger partial charge on any atom is -0.465 e. The van der Waals surface area contributed by atoms with Crippen molar-refractivity contribution in [2.75, 3.05) is 12.4 Å². The highest BCUT2D eigenvalue weighted by molar-refractivity contribution is 5.96. The van der Waals surface area contributed by atoms with Crippen molar-refractivity contribution in [3.05, 3.63) is 29.8 Å². The van der Waals surface area contributed by atoms with Crippen molar-refractivity contribution in [1.29, 1.82) is 0 Å². The standard InChI is InChI=1S/C14H20N2O3/c1-3-4-8-12(15)13(17)16-11-7-5-6-10(9-11)14(18)19-2/h5-7,9,12H,3-4,8,15H2,1-2H3,(H,16,17). The first-order chi connectivity index (χ1) is 9.08. The summed E-state index contributed by atoms with van der Waals surface area (Å²) in [6.07, 6.45) is 2.56. The average molecular weight is 264 g/mol. The Bertz CT molecular complexity index is 446. The third-order valence-corrected chi connectivity index (χ3v) is 2.76. The number of unbranched alkanes of at least 4 members (excludes halogenated alkanes) is 1. The van der Waals surface area contributed by atoms with Crippen molar-refractivity contribution in [2.24, 2.45) is 5.73 Å². The van der Waals surface area contributed by atoms with E-state index in [1.54, 1.807) is 24.3 Å². The lowest BCUT2D eigenvalue weighted by Crippen LogP contribution is -2.35. The number of hydrogen-bond donors (Lipinski definition) is 2. The summed E-state index contributed by atoms with van der Waals surface area (Å²) >= 11 is 0. The molecule has 3 N–H and O–H groups in total. The number of benzene rings is 1. The molecule has 19 heavy (non-hydrogen) atoms. The second-order valence-corrected chi connectivity index (χ2v) is 4.31. The maximum absolute atomic E-state index is 11.8. The Balaban J connectivity index is 2.66. The van der Waals surface area contributed by atoms with Crippen LogP contribution >= 0.6 is 0 Å². The molecule has 1 aromatic rings. The second-order valence-electron chi connectivity index (χ2n) is 4.31. The van der Waals surface area contributed by atoms with E-state index in [1.165, 1.54) is 7.11 Å². The van der Waals surface area contributed by atoms with Crippen molar-refractivity contribution < 1.29 is 14.3 Å². The second kappa shape index (κ2) is 7.53. The van der Waals surface area contributed by atoms with Gasteiger partial charge >= 0.3 is 5.97 Å². The van der Waals surface area contributed by atoms with Gasteiger partial charge in [-0.1, -0.05) is 25.8 Å². The van der Waals surface area contributed by atoms with E-state index in [-0.39, 0.29) is 5.91 Å². The number of ether oxygens (including phenoxy) is 1. The number of methoxy groups -OCH3 is 1. The molecule has 1 unspecified atom stereocenters. The first kappa shape index (κ1) is 15.2. The van der Waals surface area contributed by atoms with Crippen LogP contribution in [0.4, 0.5) is 5.69 Å². The van der Waals surface area contributed by atoms with Gasteiger partial charge in [-0.3, -0.25) is 4.79 Å². The molecule has 0 aromatic heterocycles. The van der Waals surface area contributed by atoms with E-state index in [2.05, 4.69) is 10.1 Å². The molecule has 0 saturated heterocycles. The smallest absolute Gasteiger partial charge is 0.337 e. The zero-order valence-corrected chi connectivity index (χ0v) is 11.3. The van der Waals surface area contributed by atoms with E-state index in [0.717, 1.165) is 12.8 Å². The molecule has 1 amide bonds. The Hall–Kier alpha value is -1.88. The fourth-order valence-electron chi connectivity index (χ4n) is 1.63. The minimum atomic E-state index is -0.526. The Morgan fingerprint density at radius 1 is 1.42 bits per heavy atom. The molecule has 0 aliphatic carbocycles. The van der Waals surface area contributed by atoms with Crippen molar-refractivity contribution in [2.45, 2.75) is 32.2 Å². The summed E-state index contributed by atoms with van der Waals surface area (Å²) in [5.41, 5.74) is 6.70. The lowest BCUT2D eigenvalue weighted by atomic mass is 10.1. The first-order valence-corrected chi connectivity index (χ1v) is 6.33. The minimum absolute atomic E-state index is 0.240. The molecule has 0 fully saturated rings. The van der Waals surface area contributed by atoms with E-state index >= 15 is 0 Å². The first-order valence-electron chi connectivity index (χ1n) is 6.33. The molecule has 1 rings (SSSR count). The van der Waals surface area contributed by atoms with Crippen LogP contribution in [0.1, 0.15) is 36.5 Å². The zero-order chi connectivity index (χ0) is 14.3. The molecule has 5 heteroatoms. The normalized spacial score (nSPS) is 11.7. The number of nitrogens with two attached hydrogens (primary N) is 1. The number of rotatable bonds is 6. The van der Waals surface area contributed by atoms with Crippen molar-refractivity contribution in [3.63, 3.8) is 0 Å². The van der Waals surface area contributed by atoms with Crippen LogP contribution in [-0.4, -0.2) is 25.0 Å². The summed E-state index contributed by atoms with van der Waals surface area (Å²) < 4.78 is 4.62. The molecule has 5 nitrogen and oxygen atoms in total. The van der Waals surface area contributed by atoms with Gasteiger partial charge in [0.25, 0.3) is 0 Å². The van der Waals surface area contributed by atoms with Crippen molar-refractivity contribution >= 4 is 17.6 Å². The maximum atomic E-state index is 11.8. The highest BCUT2D eigenvalue weighted by Crippen LogP contribution is 2.12. The highest BCUT2D eigenvalue weighted by Gasteiger charge is 2.13. The molecule has 0 saturated carbocycles. The quantitative estimate of drug-likeness (QED) is 0.769. The molecule has 0 spiro atoms. The van der Waals surface area contributed by atoms with Crippen LogP contribution in [0, 0.1) is 0 Å². The van der Waals surface area contributed by atoms with E-state index < -0.39 is 12.0 Å². The average Bonchev–Trinajstić information content (AvgIpc) is 2.44. The van der Waals surface area contributed by atoms with Gasteiger partial charge in [-0.15, -0.1) is 0 Å².